The molecular formula is C30H27FN8O2. The topological polar surface area (TPSA) is 110 Å². The molecule has 2 aliphatic heterocycles. The van der Waals surface area contributed by atoms with Gasteiger partial charge in [0, 0.05) is 42.0 Å². The quantitative estimate of drug-likeness (QED) is 0.283. The molecule has 1 aromatic carbocycles. The minimum absolute atomic E-state index is 0.00497. The molecule has 5 aromatic rings. The summed E-state index contributed by atoms with van der Waals surface area (Å²) in [5, 5.41) is 7.21. The predicted molar refractivity (Wildman–Crippen MR) is 151 cm³/mol. The van der Waals surface area contributed by atoms with Gasteiger partial charge in [-0.2, -0.15) is 5.10 Å². The van der Waals surface area contributed by atoms with Crippen molar-refractivity contribution in [3.8, 4) is 11.5 Å². The van der Waals surface area contributed by atoms with Crippen molar-refractivity contribution in [3.63, 3.8) is 0 Å². The Morgan fingerprint density at radius 1 is 1.15 bits per heavy atom. The highest BCUT2D eigenvalue weighted by Gasteiger charge is 2.42. The number of halogens is 1. The Bertz CT molecular complexity index is 1820. The molecule has 3 fully saturated rings. The average molecular weight is 551 g/mol. The van der Waals surface area contributed by atoms with E-state index in [1.807, 2.05) is 17.0 Å². The van der Waals surface area contributed by atoms with Gasteiger partial charge in [-0.25, -0.2) is 28.8 Å². The van der Waals surface area contributed by atoms with E-state index in [1.165, 1.54) is 18.7 Å². The number of piperidine rings is 2. The van der Waals surface area contributed by atoms with Gasteiger partial charge in [0.25, 0.3) is 0 Å². The van der Waals surface area contributed by atoms with Crippen LogP contribution in [-0.2, 0) is 4.79 Å². The number of carbonyl (C=O) groups is 1. The number of hydrogen-bond donors (Lipinski definition) is 1. The molecule has 3 atom stereocenters. The number of amides is 1. The Morgan fingerprint density at radius 2 is 2.05 bits per heavy atom. The first-order valence-electron chi connectivity index (χ1n) is 13.6. The summed E-state index contributed by atoms with van der Waals surface area (Å²) in [5.74, 6) is 1.44. The number of nitrogens with zero attached hydrogens (tertiary/aromatic N) is 7. The van der Waals surface area contributed by atoms with E-state index >= 15 is 4.39 Å². The smallest absolute Gasteiger partial charge is 0.246 e. The average Bonchev–Trinajstić information content (AvgIpc) is 3.48. The predicted octanol–water partition coefficient (Wildman–Crippen LogP) is 5.33. The van der Waals surface area contributed by atoms with Crippen molar-refractivity contribution in [2.45, 2.75) is 38.1 Å². The van der Waals surface area contributed by atoms with Crippen LogP contribution in [0.15, 0.2) is 67.9 Å². The van der Waals surface area contributed by atoms with Gasteiger partial charge in [0.05, 0.1) is 11.2 Å². The summed E-state index contributed by atoms with van der Waals surface area (Å²) < 4.78 is 23.2. The number of anilines is 2. The van der Waals surface area contributed by atoms with Crippen LogP contribution in [0.3, 0.4) is 0 Å². The molecular weight excluding hydrogens is 523 g/mol. The van der Waals surface area contributed by atoms with Gasteiger partial charge in [-0.1, -0.05) is 6.58 Å². The zero-order chi connectivity index (χ0) is 28.1. The van der Waals surface area contributed by atoms with Crippen LogP contribution in [0.2, 0.25) is 0 Å². The molecule has 206 valence electrons. The lowest BCUT2D eigenvalue weighted by Gasteiger charge is -2.49. The second kappa shape index (κ2) is 9.92. The van der Waals surface area contributed by atoms with Crippen LogP contribution in [0.5, 0.6) is 11.5 Å². The van der Waals surface area contributed by atoms with Crippen molar-refractivity contribution in [1.82, 2.24) is 34.4 Å². The maximum Gasteiger partial charge on any atom is 0.246 e. The molecule has 2 saturated heterocycles. The van der Waals surface area contributed by atoms with Gasteiger partial charge in [0.2, 0.25) is 5.91 Å². The van der Waals surface area contributed by atoms with Crippen LogP contribution in [0.4, 0.5) is 15.9 Å². The minimum atomic E-state index is -0.453. The second-order valence-electron chi connectivity index (χ2n) is 10.6. The fourth-order valence-corrected chi connectivity index (χ4v) is 6.11. The highest BCUT2D eigenvalue weighted by molar-refractivity contribution is 5.88. The summed E-state index contributed by atoms with van der Waals surface area (Å²) in [6.45, 7) is 6.03. The van der Waals surface area contributed by atoms with Gasteiger partial charge < -0.3 is 15.0 Å². The van der Waals surface area contributed by atoms with Crippen molar-refractivity contribution >= 4 is 34.1 Å². The molecule has 10 nitrogen and oxygen atoms in total. The van der Waals surface area contributed by atoms with Crippen LogP contribution in [0.1, 0.15) is 36.4 Å². The van der Waals surface area contributed by atoms with E-state index in [9.17, 15) is 4.79 Å². The third kappa shape index (κ3) is 4.43. The van der Waals surface area contributed by atoms with Crippen LogP contribution in [0, 0.1) is 18.7 Å². The Hall–Kier alpha value is -4.93. The van der Waals surface area contributed by atoms with Crippen LogP contribution in [0.25, 0.3) is 16.7 Å². The standard InChI is InChI=1S/C30H27FN8O2/c1-3-27(40)38-14-18-4-5-19(38)12-21(18)22-6-7-24-29(36-22)30(34-15-32-24)37-23-8-9-25(17(2)28(23)31)41-20-10-11-39-26(13-20)33-16-35-39/h3,6-11,13,15-16,18-19,21H,1,4-5,12,14H2,2H3,(H,32,34,37)/t18-,19-,21+/m1/s1. The van der Waals surface area contributed by atoms with E-state index in [0.717, 1.165) is 25.0 Å². The first-order chi connectivity index (χ1) is 20.0. The Balaban J connectivity index is 1.15. The minimum Gasteiger partial charge on any atom is -0.457 e. The molecule has 8 rings (SSSR count). The summed E-state index contributed by atoms with van der Waals surface area (Å²) in [7, 11) is 0. The summed E-state index contributed by atoms with van der Waals surface area (Å²) in [4.78, 5) is 32.2. The second-order valence-corrected chi connectivity index (χ2v) is 10.6. The van der Waals surface area contributed by atoms with Crippen molar-refractivity contribution < 1.29 is 13.9 Å². The molecule has 41 heavy (non-hydrogen) atoms. The Labute approximate surface area is 234 Å². The Kier molecular flexibility index (Phi) is 6.06. The maximum absolute atomic E-state index is 15.6. The Morgan fingerprint density at radius 3 is 2.88 bits per heavy atom. The van der Waals surface area contributed by atoms with E-state index in [1.54, 1.807) is 41.9 Å². The number of nitrogens with one attached hydrogen (secondary N) is 1. The molecule has 1 aliphatic carbocycles. The van der Waals surface area contributed by atoms with Crippen molar-refractivity contribution in [2.75, 3.05) is 11.9 Å². The van der Waals surface area contributed by atoms with E-state index in [-0.39, 0.29) is 23.6 Å². The van der Waals surface area contributed by atoms with Gasteiger partial charge in [-0.3, -0.25) is 4.79 Å². The normalized spacial score (nSPS) is 20.0. The first kappa shape index (κ1) is 25.1. The summed E-state index contributed by atoms with van der Waals surface area (Å²) in [6, 6.07) is 11.0. The first-order valence-corrected chi connectivity index (χ1v) is 13.6. The monoisotopic (exact) mass is 550 g/mol. The summed E-state index contributed by atoms with van der Waals surface area (Å²) in [5.41, 5.74) is 3.41. The van der Waals surface area contributed by atoms with E-state index in [0.29, 0.717) is 52.0 Å². The number of ether oxygens (including phenoxy) is 1. The lowest BCUT2D eigenvalue weighted by Crippen LogP contribution is -2.53. The molecule has 0 radical (unpaired) electrons. The number of benzene rings is 1. The lowest BCUT2D eigenvalue weighted by atomic mass is 9.70. The lowest BCUT2D eigenvalue weighted by molar-refractivity contribution is -0.134. The van der Waals surface area contributed by atoms with Crippen LogP contribution < -0.4 is 10.1 Å². The van der Waals surface area contributed by atoms with Crippen molar-refractivity contribution in [1.29, 1.82) is 0 Å². The molecule has 3 aliphatic rings. The van der Waals surface area contributed by atoms with Gasteiger partial charge in [-0.15, -0.1) is 0 Å². The SMILES string of the molecule is C=CC(=O)N1C[C@H]2CC[C@@H]1C[C@@H]2c1ccc2ncnc(Nc3ccc(Oc4ccn5ncnc5c4)c(C)c3F)c2n1. The molecule has 0 spiro atoms. The highest BCUT2D eigenvalue weighted by atomic mass is 19.1. The summed E-state index contributed by atoms with van der Waals surface area (Å²) >= 11 is 0. The molecule has 1 saturated carbocycles. The molecule has 0 unspecified atom stereocenters. The number of pyridine rings is 2. The number of carbonyl (C=O) groups excluding carboxylic acids is 1. The van der Waals surface area contributed by atoms with Crippen molar-refractivity contribution in [2.24, 2.45) is 5.92 Å². The van der Waals surface area contributed by atoms with E-state index in [4.69, 9.17) is 9.72 Å². The van der Waals surface area contributed by atoms with Crippen LogP contribution >= 0.6 is 0 Å². The van der Waals surface area contributed by atoms with Gasteiger partial charge in [0.15, 0.2) is 17.3 Å². The molecule has 6 heterocycles. The number of fused-ring (bicyclic) bond motifs is 5. The van der Waals surface area contributed by atoms with Gasteiger partial charge >= 0.3 is 0 Å². The molecule has 2 bridgehead atoms. The fraction of sp³-hybridized carbons (Fsp3) is 0.267. The number of aromatic nitrogens is 6. The maximum atomic E-state index is 15.6. The number of hydrogen-bond acceptors (Lipinski definition) is 8. The molecule has 4 aromatic heterocycles. The largest absolute Gasteiger partial charge is 0.457 e. The van der Waals surface area contributed by atoms with Crippen molar-refractivity contribution in [3.05, 3.63) is 85.0 Å². The van der Waals surface area contributed by atoms with E-state index in [2.05, 4.69) is 31.9 Å². The summed E-state index contributed by atoms with van der Waals surface area (Å²) in [6.07, 6.45) is 8.94. The molecule has 1 amide bonds. The van der Waals surface area contributed by atoms with Crippen LogP contribution in [-0.4, -0.2) is 52.9 Å². The zero-order valence-electron chi connectivity index (χ0n) is 22.4. The third-order valence-electron chi connectivity index (χ3n) is 8.25. The molecule has 1 N–H and O–H groups in total. The van der Waals surface area contributed by atoms with Gasteiger partial charge in [-0.05, 0) is 68.5 Å². The molecule has 11 heteroatoms. The third-order valence-corrected chi connectivity index (χ3v) is 8.25. The highest BCUT2D eigenvalue weighted by Crippen LogP contribution is 2.45. The van der Waals surface area contributed by atoms with Gasteiger partial charge in [0.1, 0.15) is 29.7 Å². The zero-order valence-corrected chi connectivity index (χ0v) is 22.4. The fourth-order valence-electron chi connectivity index (χ4n) is 6.11. The number of rotatable bonds is 6. The van der Waals surface area contributed by atoms with E-state index < -0.39 is 5.82 Å².